The number of benzene rings is 1. The number of ether oxygens (including phenoxy) is 1. The van der Waals surface area contributed by atoms with Crippen LogP contribution in [0.3, 0.4) is 0 Å². The first kappa shape index (κ1) is 18.2. The van der Waals surface area contributed by atoms with Gasteiger partial charge in [-0.05, 0) is 43.2 Å². The second-order valence-electron chi connectivity index (χ2n) is 7.64. The fourth-order valence-electron chi connectivity index (χ4n) is 4.50. The number of rotatable bonds is 4. The third kappa shape index (κ3) is 3.39. The number of amides is 1. The highest BCUT2D eigenvalue weighted by Gasteiger charge is 2.37. The Kier molecular flexibility index (Phi) is 5.01. The number of anilines is 1. The number of carbonyl (C=O) groups is 1. The van der Waals surface area contributed by atoms with Crippen LogP contribution in [0.1, 0.15) is 41.6 Å². The molecule has 1 aromatic carbocycles. The van der Waals surface area contributed by atoms with Gasteiger partial charge in [-0.3, -0.25) is 14.9 Å². The number of nitro groups is 1. The van der Waals surface area contributed by atoms with E-state index in [0.717, 1.165) is 31.2 Å². The third-order valence-corrected chi connectivity index (χ3v) is 6.10. The summed E-state index contributed by atoms with van der Waals surface area (Å²) in [4.78, 5) is 28.1. The van der Waals surface area contributed by atoms with Crippen molar-refractivity contribution in [2.45, 2.75) is 38.3 Å². The van der Waals surface area contributed by atoms with Crippen LogP contribution in [0.15, 0.2) is 12.1 Å². The monoisotopic (exact) mass is 375 g/mol. The Hall–Kier alpha value is -2.19. The summed E-state index contributed by atoms with van der Waals surface area (Å²) >= 11 is 0. The van der Waals surface area contributed by atoms with E-state index in [1.165, 1.54) is 0 Å². The van der Waals surface area contributed by atoms with E-state index in [4.69, 9.17) is 4.74 Å². The van der Waals surface area contributed by atoms with Crippen molar-refractivity contribution >= 4 is 17.3 Å². The number of fused-ring (bicyclic) bond motifs is 1. The van der Waals surface area contributed by atoms with Crippen LogP contribution in [0, 0.1) is 16.0 Å². The van der Waals surface area contributed by atoms with E-state index in [1.54, 1.807) is 12.1 Å². The lowest BCUT2D eigenvalue weighted by molar-refractivity contribution is -0.384. The fraction of sp³-hybridized carbons (Fsp3) is 0.632. The Balaban J connectivity index is 1.60. The van der Waals surface area contributed by atoms with Gasteiger partial charge in [0.05, 0.1) is 18.1 Å². The molecule has 146 valence electrons. The summed E-state index contributed by atoms with van der Waals surface area (Å²) in [5, 5.41) is 20.9. The smallest absolute Gasteiger partial charge is 0.292 e. The Morgan fingerprint density at radius 3 is 2.52 bits per heavy atom. The lowest BCUT2D eigenvalue weighted by Gasteiger charge is -2.34. The highest BCUT2D eigenvalue weighted by atomic mass is 16.6. The molecule has 1 saturated carbocycles. The Labute approximate surface area is 157 Å². The van der Waals surface area contributed by atoms with Gasteiger partial charge in [0.25, 0.3) is 11.6 Å². The van der Waals surface area contributed by atoms with Crippen LogP contribution in [0.5, 0.6) is 0 Å². The van der Waals surface area contributed by atoms with Gasteiger partial charge in [-0.15, -0.1) is 0 Å². The zero-order chi connectivity index (χ0) is 19.0. The zero-order valence-corrected chi connectivity index (χ0v) is 15.3. The van der Waals surface area contributed by atoms with Crippen LogP contribution < -0.4 is 4.90 Å². The maximum Gasteiger partial charge on any atom is 0.292 e. The zero-order valence-electron chi connectivity index (χ0n) is 15.3. The molecule has 0 unspecified atom stereocenters. The molecule has 8 nitrogen and oxygen atoms in total. The van der Waals surface area contributed by atoms with Crippen molar-refractivity contribution in [2.75, 3.05) is 37.8 Å². The summed E-state index contributed by atoms with van der Waals surface area (Å²) in [6, 6.07) is 3.44. The minimum Gasteiger partial charge on any atom is -0.396 e. The molecule has 4 rings (SSSR count). The van der Waals surface area contributed by atoms with Gasteiger partial charge in [0.1, 0.15) is 5.69 Å². The molecule has 1 aliphatic carbocycles. The Bertz CT molecular complexity index is 739. The minimum atomic E-state index is -0.356. The first-order valence-electron chi connectivity index (χ1n) is 9.64. The molecule has 0 atom stereocenters. The maximum absolute atomic E-state index is 13.0. The van der Waals surface area contributed by atoms with Crippen LogP contribution in [0.4, 0.5) is 11.4 Å². The lowest BCUT2D eigenvalue weighted by atomic mass is 9.86. The van der Waals surface area contributed by atoms with Gasteiger partial charge in [0.2, 0.25) is 0 Å². The molecule has 1 saturated heterocycles. The number of nitro benzene ring substituents is 1. The van der Waals surface area contributed by atoms with E-state index in [9.17, 15) is 20.0 Å². The molecular weight excluding hydrogens is 350 g/mol. The van der Waals surface area contributed by atoms with E-state index >= 15 is 0 Å². The van der Waals surface area contributed by atoms with Gasteiger partial charge >= 0.3 is 0 Å². The number of morpholine rings is 1. The van der Waals surface area contributed by atoms with Crippen LogP contribution >= 0.6 is 0 Å². The number of aliphatic hydroxyl groups is 1. The van der Waals surface area contributed by atoms with Crippen molar-refractivity contribution in [1.29, 1.82) is 0 Å². The van der Waals surface area contributed by atoms with Crippen molar-refractivity contribution in [1.82, 2.24) is 4.90 Å². The third-order valence-electron chi connectivity index (χ3n) is 6.10. The van der Waals surface area contributed by atoms with Crippen molar-refractivity contribution in [3.63, 3.8) is 0 Å². The summed E-state index contributed by atoms with van der Waals surface area (Å²) in [7, 11) is 0. The van der Waals surface area contributed by atoms with E-state index < -0.39 is 0 Å². The van der Waals surface area contributed by atoms with Crippen molar-refractivity contribution in [3.05, 3.63) is 33.4 Å². The maximum atomic E-state index is 13.0. The van der Waals surface area contributed by atoms with E-state index in [1.807, 2.05) is 9.80 Å². The summed E-state index contributed by atoms with van der Waals surface area (Å²) in [5.41, 5.74) is 1.91. The molecule has 1 aromatic rings. The van der Waals surface area contributed by atoms with Crippen molar-refractivity contribution in [3.8, 4) is 0 Å². The lowest BCUT2D eigenvalue weighted by Crippen LogP contribution is -2.38. The topological polar surface area (TPSA) is 96.2 Å². The molecule has 2 aliphatic heterocycles. The average molecular weight is 375 g/mol. The first-order chi connectivity index (χ1) is 13.1. The predicted molar refractivity (Wildman–Crippen MR) is 98.8 cm³/mol. The van der Waals surface area contributed by atoms with E-state index in [-0.39, 0.29) is 29.2 Å². The molecule has 3 aliphatic rings. The largest absolute Gasteiger partial charge is 0.396 e. The second kappa shape index (κ2) is 7.44. The predicted octanol–water partition coefficient (Wildman–Crippen LogP) is 1.94. The number of carbonyl (C=O) groups excluding carboxylic acids is 1. The van der Waals surface area contributed by atoms with E-state index in [0.29, 0.717) is 50.0 Å². The molecule has 8 heteroatoms. The quantitative estimate of drug-likeness (QED) is 0.638. The number of aliphatic hydroxyl groups excluding tert-OH is 1. The summed E-state index contributed by atoms with van der Waals surface area (Å²) in [6.45, 7) is 2.87. The molecule has 1 N–H and O–H groups in total. The molecule has 0 bridgehead atoms. The Morgan fingerprint density at radius 2 is 1.89 bits per heavy atom. The van der Waals surface area contributed by atoms with Gasteiger partial charge in [-0.1, -0.05) is 0 Å². The van der Waals surface area contributed by atoms with Crippen molar-refractivity contribution < 1.29 is 19.6 Å². The minimum absolute atomic E-state index is 0.0261. The van der Waals surface area contributed by atoms with Gasteiger partial charge in [-0.25, -0.2) is 0 Å². The molecule has 1 amide bonds. The number of hydrogen-bond donors (Lipinski definition) is 1. The van der Waals surface area contributed by atoms with Gasteiger partial charge in [0.15, 0.2) is 0 Å². The molecule has 27 heavy (non-hydrogen) atoms. The molecule has 0 aromatic heterocycles. The van der Waals surface area contributed by atoms with Crippen LogP contribution in [0.2, 0.25) is 0 Å². The summed E-state index contributed by atoms with van der Waals surface area (Å²) in [5.74, 6) is 0.303. The molecular formula is C19H25N3O5. The molecule has 2 heterocycles. The first-order valence-corrected chi connectivity index (χ1v) is 9.64. The summed E-state index contributed by atoms with van der Waals surface area (Å²) in [6.07, 6.45) is 3.59. The standard InChI is InChI=1S/C19H25N3O5/c23-12-13-1-3-15(4-2-13)21-11-14-9-18(22(25)26)17(10-16(14)19(21)24)20-5-7-27-8-6-20/h9-10,13,15,23H,1-8,11-12H2. The molecule has 0 radical (unpaired) electrons. The normalized spacial score (nSPS) is 25.6. The van der Waals surface area contributed by atoms with E-state index in [2.05, 4.69) is 0 Å². The second-order valence-corrected chi connectivity index (χ2v) is 7.64. The molecule has 0 spiro atoms. The van der Waals surface area contributed by atoms with Crippen LogP contribution in [-0.4, -0.2) is 59.8 Å². The highest BCUT2D eigenvalue weighted by molar-refractivity contribution is 6.00. The summed E-state index contributed by atoms with van der Waals surface area (Å²) < 4.78 is 5.35. The SMILES string of the molecule is O=C1c2cc(N3CCOCC3)c([N+](=O)[O-])cc2CN1C1CCC(CO)CC1. The van der Waals surface area contributed by atoms with Gasteiger partial charge in [-0.2, -0.15) is 0 Å². The Morgan fingerprint density at radius 1 is 1.19 bits per heavy atom. The van der Waals surface area contributed by atoms with Crippen LogP contribution in [-0.2, 0) is 11.3 Å². The number of nitrogens with zero attached hydrogens (tertiary/aromatic N) is 3. The fourth-order valence-corrected chi connectivity index (χ4v) is 4.50. The number of hydrogen-bond acceptors (Lipinski definition) is 6. The van der Waals surface area contributed by atoms with Crippen LogP contribution in [0.25, 0.3) is 0 Å². The average Bonchev–Trinajstić information content (AvgIpc) is 3.03. The highest BCUT2D eigenvalue weighted by Crippen LogP contribution is 2.38. The van der Waals surface area contributed by atoms with Gasteiger partial charge < -0.3 is 19.6 Å². The van der Waals surface area contributed by atoms with Crippen molar-refractivity contribution in [2.24, 2.45) is 5.92 Å². The molecule has 2 fully saturated rings. The van der Waals surface area contributed by atoms with Gasteiger partial charge in [0, 0.05) is 43.9 Å².